The van der Waals surface area contributed by atoms with Gasteiger partial charge >= 0.3 is 0 Å². The Bertz CT molecular complexity index is 545. The van der Waals surface area contributed by atoms with E-state index < -0.39 is 11.6 Å². The van der Waals surface area contributed by atoms with Gasteiger partial charge in [0.1, 0.15) is 11.6 Å². The molecule has 0 N–H and O–H groups in total. The van der Waals surface area contributed by atoms with Crippen LogP contribution >= 0.6 is 27.3 Å². The molecule has 1 nitrogen and oxygen atoms in total. The van der Waals surface area contributed by atoms with Crippen LogP contribution in [0.2, 0.25) is 0 Å². The van der Waals surface area contributed by atoms with Crippen LogP contribution in [0.5, 0.6) is 0 Å². The number of thiophene rings is 1. The minimum absolute atomic E-state index is 0.00213. The SMILES string of the molecule is O=C(Cc1cc(F)cc(F)c1)c1csc(Br)c1. The molecule has 0 saturated carbocycles. The highest BCUT2D eigenvalue weighted by Crippen LogP contribution is 2.22. The van der Waals surface area contributed by atoms with E-state index in [0.29, 0.717) is 11.1 Å². The molecule has 0 fully saturated rings. The highest BCUT2D eigenvalue weighted by atomic mass is 79.9. The normalized spacial score (nSPS) is 10.5. The zero-order valence-electron chi connectivity index (χ0n) is 8.54. The molecule has 1 aromatic heterocycles. The van der Waals surface area contributed by atoms with Crippen LogP contribution in [0, 0.1) is 11.6 Å². The first-order chi connectivity index (χ1) is 8.04. The lowest BCUT2D eigenvalue weighted by Gasteiger charge is -2.00. The summed E-state index contributed by atoms with van der Waals surface area (Å²) in [6.45, 7) is 0. The second-order valence-electron chi connectivity index (χ2n) is 3.52. The maximum absolute atomic E-state index is 12.9. The Balaban J connectivity index is 2.18. The molecule has 1 heterocycles. The van der Waals surface area contributed by atoms with Gasteiger partial charge in [-0.15, -0.1) is 11.3 Å². The molecule has 1 aromatic carbocycles. The fraction of sp³-hybridized carbons (Fsp3) is 0.0833. The van der Waals surface area contributed by atoms with Crippen molar-refractivity contribution in [3.05, 3.63) is 56.2 Å². The summed E-state index contributed by atoms with van der Waals surface area (Å²) in [7, 11) is 0. The lowest BCUT2D eigenvalue weighted by atomic mass is 10.1. The Labute approximate surface area is 109 Å². The topological polar surface area (TPSA) is 17.1 Å². The number of halogens is 3. The number of hydrogen-bond acceptors (Lipinski definition) is 2. The van der Waals surface area contributed by atoms with E-state index in [2.05, 4.69) is 15.9 Å². The predicted molar refractivity (Wildman–Crippen MR) is 66.4 cm³/mol. The largest absolute Gasteiger partial charge is 0.294 e. The van der Waals surface area contributed by atoms with Crippen LogP contribution in [0.25, 0.3) is 0 Å². The van der Waals surface area contributed by atoms with Crippen molar-refractivity contribution >= 4 is 33.0 Å². The average molecular weight is 317 g/mol. The van der Waals surface area contributed by atoms with Gasteiger partial charge in [0.25, 0.3) is 0 Å². The molecule has 17 heavy (non-hydrogen) atoms. The summed E-state index contributed by atoms with van der Waals surface area (Å²) in [6, 6.07) is 4.82. The summed E-state index contributed by atoms with van der Waals surface area (Å²) in [4.78, 5) is 11.8. The molecule has 0 unspecified atom stereocenters. The zero-order valence-corrected chi connectivity index (χ0v) is 10.9. The lowest BCUT2D eigenvalue weighted by molar-refractivity contribution is 0.0993. The average Bonchev–Trinajstić information content (AvgIpc) is 2.63. The van der Waals surface area contributed by atoms with Gasteiger partial charge in [0, 0.05) is 23.4 Å². The van der Waals surface area contributed by atoms with Crippen molar-refractivity contribution in [1.29, 1.82) is 0 Å². The van der Waals surface area contributed by atoms with E-state index in [1.807, 2.05) is 0 Å². The first-order valence-corrected chi connectivity index (χ1v) is 6.44. The third-order valence-electron chi connectivity index (χ3n) is 2.18. The summed E-state index contributed by atoms with van der Waals surface area (Å²) < 4.78 is 26.7. The number of rotatable bonds is 3. The molecule has 0 aliphatic heterocycles. The van der Waals surface area contributed by atoms with Crippen molar-refractivity contribution in [3.8, 4) is 0 Å². The number of benzene rings is 1. The Morgan fingerprint density at radius 3 is 2.35 bits per heavy atom. The van der Waals surface area contributed by atoms with Gasteiger partial charge in [0.05, 0.1) is 3.79 Å². The number of hydrogen-bond donors (Lipinski definition) is 0. The fourth-order valence-corrected chi connectivity index (χ4v) is 2.62. The van der Waals surface area contributed by atoms with Crippen LogP contribution in [0.1, 0.15) is 15.9 Å². The van der Waals surface area contributed by atoms with Crippen LogP contribution < -0.4 is 0 Å². The Morgan fingerprint density at radius 2 is 1.82 bits per heavy atom. The molecule has 88 valence electrons. The van der Waals surface area contributed by atoms with Crippen molar-refractivity contribution in [1.82, 2.24) is 0 Å². The van der Waals surface area contributed by atoms with E-state index in [4.69, 9.17) is 0 Å². The van der Waals surface area contributed by atoms with Gasteiger partial charge < -0.3 is 0 Å². The maximum atomic E-state index is 12.9. The summed E-state index contributed by atoms with van der Waals surface area (Å²) >= 11 is 4.65. The number of ketones is 1. The molecule has 0 spiro atoms. The van der Waals surface area contributed by atoms with E-state index >= 15 is 0 Å². The van der Waals surface area contributed by atoms with E-state index in [1.54, 1.807) is 11.4 Å². The van der Waals surface area contributed by atoms with Crippen LogP contribution in [0.4, 0.5) is 8.78 Å². The monoisotopic (exact) mass is 316 g/mol. The quantitative estimate of drug-likeness (QED) is 0.775. The van der Waals surface area contributed by atoms with Crippen LogP contribution in [0.15, 0.2) is 33.4 Å². The molecule has 2 aromatic rings. The Hall–Kier alpha value is -1.07. The predicted octanol–water partition coefficient (Wildman–Crippen LogP) is 4.21. The number of carbonyl (C=O) groups excluding carboxylic acids is 1. The molecule has 0 bridgehead atoms. The first kappa shape index (κ1) is 12.4. The first-order valence-electron chi connectivity index (χ1n) is 4.77. The summed E-state index contributed by atoms with van der Waals surface area (Å²) in [5.74, 6) is -1.49. The van der Waals surface area contributed by atoms with Gasteiger partial charge in [-0.1, -0.05) is 0 Å². The molecule has 0 radical (unpaired) electrons. The summed E-state index contributed by atoms with van der Waals surface area (Å²) in [6.07, 6.45) is -0.00213. The second-order valence-corrected chi connectivity index (χ2v) is 5.81. The minimum Gasteiger partial charge on any atom is -0.294 e. The standard InChI is InChI=1S/C12H7BrF2OS/c13-12-4-8(6-17-12)11(16)3-7-1-9(14)5-10(15)2-7/h1-2,4-6H,3H2. The van der Waals surface area contributed by atoms with Crippen molar-refractivity contribution in [2.45, 2.75) is 6.42 Å². The van der Waals surface area contributed by atoms with Crippen LogP contribution in [-0.4, -0.2) is 5.78 Å². The van der Waals surface area contributed by atoms with Crippen molar-refractivity contribution in [2.75, 3.05) is 0 Å². The lowest BCUT2D eigenvalue weighted by Crippen LogP contribution is -2.02. The summed E-state index contributed by atoms with van der Waals surface area (Å²) in [5, 5.41) is 1.71. The van der Waals surface area contributed by atoms with E-state index in [-0.39, 0.29) is 12.2 Å². The number of carbonyl (C=O) groups is 1. The van der Waals surface area contributed by atoms with Crippen LogP contribution in [0.3, 0.4) is 0 Å². The van der Waals surface area contributed by atoms with Gasteiger partial charge in [0.2, 0.25) is 0 Å². The van der Waals surface area contributed by atoms with Gasteiger partial charge in [-0.25, -0.2) is 8.78 Å². The van der Waals surface area contributed by atoms with Gasteiger partial charge in [-0.2, -0.15) is 0 Å². The number of Topliss-reactive ketones (excluding diaryl/α,β-unsaturated/α-hetero) is 1. The van der Waals surface area contributed by atoms with Gasteiger partial charge in [-0.3, -0.25) is 4.79 Å². The smallest absolute Gasteiger partial charge is 0.168 e. The Kier molecular flexibility index (Phi) is 3.69. The molecule has 2 rings (SSSR count). The molecular weight excluding hydrogens is 310 g/mol. The second kappa shape index (κ2) is 5.06. The van der Waals surface area contributed by atoms with E-state index in [1.165, 1.54) is 23.5 Å². The molecule has 0 aliphatic carbocycles. The van der Waals surface area contributed by atoms with Crippen molar-refractivity contribution < 1.29 is 13.6 Å². The van der Waals surface area contributed by atoms with E-state index in [0.717, 1.165) is 9.85 Å². The van der Waals surface area contributed by atoms with Gasteiger partial charge in [0.15, 0.2) is 5.78 Å². The van der Waals surface area contributed by atoms with E-state index in [9.17, 15) is 13.6 Å². The minimum atomic E-state index is -0.667. The fourth-order valence-electron chi connectivity index (χ4n) is 1.46. The highest BCUT2D eigenvalue weighted by Gasteiger charge is 2.10. The Morgan fingerprint density at radius 1 is 1.18 bits per heavy atom. The van der Waals surface area contributed by atoms with Crippen LogP contribution in [-0.2, 0) is 6.42 Å². The maximum Gasteiger partial charge on any atom is 0.168 e. The van der Waals surface area contributed by atoms with Gasteiger partial charge in [-0.05, 0) is 39.7 Å². The highest BCUT2D eigenvalue weighted by molar-refractivity contribution is 9.11. The van der Waals surface area contributed by atoms with Crippen molar-refractivity contribution in [3.63, 3.8) is 0 Å². The molecule has 0 amide bonds. The third-order valence-corrected chi connectivity index (χ3v) is 3.68. The zero-order chi connectivity index (χ0) is 12.4. The van der Waals surface area contributed by atoms with Crippen molar-refractivity contribution in [2.24, 2.45) is 0 Å². The molecular formula is C12H7BrF2OS. The molecule has 5 heteroatoms. The molecule has 0 aliphatic rings. The molecule has 0 atom stereocenters. The molecule has 0 saturated heterocycles. The third kappa shape index (κ3) is 3.20. The summed E-state index contributed by atoms with van der Waals surface area (Å²) in [5.41, 5.74) is 0.890.